The zero-order chi connectivity index (χ0) is 9.80. The average Bonchev–Trinajstić information content (AvgIpc) is 2.45. The molecule has 3 heteroatoms. The van der Waals surface area contributed by atoms with Gasteiger partial charge in [-0.15, -0.1) is 0 Å². The summed E-state index contributed by atoms with van der Waals surface area (Å²) >= 11 is 0. The molecule has 76 valence electrons. The molecule has 1 aromatic rings. The molecule has 0 bridgehead atoms. The van der Waals surface area contributed by atoms with Crippen molar-refractivity contribution in [1.82, 2.24) is 4.98 Å². The number of hydrogen-bond donors (Lipinski definition) is 1. The van der Waals surface area contributed by atoms with Gasteiger partial charge in [-0.25, -0.2) is 0 Å². The highest BCUT2D eigenvalue weighted by molar-refractivity contribution is 5.53. The van der Waals surface area contributed by atoms with Gasteiger partial charge in [-0.2, -0.15) is 0 Å². The van der Waals surface area contributed by atoms with Gasteiger partial charge in [0.2, 0.25) is 0 Å². The molecule has 1 saturated heterocycles. The summed E-state index contributed by atoms with van der Waals surface area (Å²) in [7, 11) is 0. The summed E-state index contributed by atoms with van der Waals surface area (Å²) in [5, 5.41) is 0. The first-order valence-electron chi connectivity index (χ1n) is 5.32. The first-order chi connectivity index (χ1) is 6.86. The van der Waals surface area contributed by atoms with Crippen molar-refractivity contribution in [2.75, 3.05) is 23.7 Å². The lowest BCUT2D eigenvalue weighted by Gasteiger charge is -2.22. The Morgan fingerprint density at radius 2 is 1.79 bits per heavy atom. The van der Waals surface area contributed by atoms with Gasteiger partial charge in [-0.3, -0.25) is 4.98 Å². The normalized spacial score (nSPS) is 17.9. The standard InChI is InChI=1S/C11H17N3/c12-10-7-11(9-13-8-10)14-5-3-1-2-4-6-14/h7-9H,1-6,12H2. The van der Waals surface area contributed by atoms with Crippen molar-refractivity contribution in [3.8, 4) is 0 Å². The van der Waals surface area contributed by atoms with Crippen molar-refractivity contribution in [3.05, 3.63) is 18.5 Å². The summed E-state index contributed by atoms with van der Waals surface area (Å²) in [5.74, 6) is 0. The molecule has 0 aromatic carbocycles. The van der Waals surface area contributed by atoms with E-state index in [-0.39, 0.29) is 0 Å². The quantitative estimate of drug-likeness (QED) is 0.738. The second-order valence-electron chi connectivity index (χ2n) is 3.88. The smallest absolute Gasteiger partial charge is 0.0573 e. The number of nitrogens with zero attached hydrogens (tertiary/aromatic N) is 2. The second kappa shape index (κ2) is 4.31. The molecule has 0 aliphatic carbocycles. The predicted octanol–water partition coefficient (Wildman–Crippen LogP) is 2.04. The van der Waals surface area contributed by atoms with Gasteiger partial charge >= 0.3 is 0 Å². The topological polar surface area (TPSA) is 42.1 Å². The Morgan fingerprint density at radius 1 is 1.07 bits per heavy atom. The van der Waals surface area contributed by atoms with Crippen molar-refractivity contribution in [2.45, 2.75) is 25.7 Å². The molecule has 1 aromatic heterocycles. The highest BCUT2D eigenvalue weighted by Crippen LogP contribution is 2.19. The van der Waals surface area contributed by atoms with Gasteiger partial charge in [-0.1, -0.05) is 12.8 Å². The Balaban J connectivity index is 2.12. The van der Waals surface area contributed by atoms with E-state index in [0.29, 0.717) is 0 Å². The van der Waals surface area contributed by atoms with E-state index in [1.807, 2.05) is 12.3 Å². The maximum Gasteiger partial charge on any atom is 0.0573 e. The van der Waals surface area contributed by atoms with Gasteiger partial charge < -0.3 is 10.6 Å². The molecule has 0 spiro atoms. The molecule has 2 N–H and O–H groups in total. The Hall–Kier alpha value is -1.25. The van der Waals surface area contributed by atoms with Crippen LogP contribution in [0.15, 0.2) is 18.5 Å². The molecule has 0 saturated carbocycles. The largest absolute Gasteiger partial charge is 0.397 e. The average molecular weight is 191 g/mol. The van der Waals surface area contributed by atoms with Crippen LogP contribution in [-0.4, -0.2) is 18.1 Å². The molecule has 2 heterocycles. The van der Waals surface area contributed by atoms with Crippen LogP contribution < -0.4 is 10.6 Å². The molecule has 1 aliphatic rings. The van der Waals surface area contributed by atoms with Crippen LogP contribution in [0.4, 0.5) is 11.4 Å². The van der Waals surface area contributed by atoms with Crippen molar-refractivity contribution in [2.24, 2.45) is 0 Å². The summed E-state index contributed by atoms with van der Waals surface area (Å²) in [6.07, 6.45) is 8.88. The van der Waals surface area contributed by atoms with Crippen LogP contribution in [0.5, 0.6) is 0 Å². The SMILES string of the molecule is Nc1cncc(N2CCCCCC2)c1. The van der Waals surface area contributed by atoms with Gasteiger partial charge in [-0.05, 0) is 18.9 Å². The third-order valence-electron chi connectivity index (χ3n) is 2.72. The Bertz CT molecular complexity index is 290. The lowest BCUT2D eigenvalue weighted by molar-refractivity contribution is 0.726. The van der Waals surface area contributed by atoms with Gasteiger partial charge in [0.1, 0.15) is 0 Å². The van der Waals surface area contributed by atoms with Crippen LogP contribution in [-0.2, 0) is 0 Å². The zero-order valence-corrected chi connectivity index (χ0v) is 8.45. The van der Waals surface area contributed by atoms with Gasteiger partial charge in [0, 0.05) is 19.3 Å². The molecular formula is C11H17N3. The molecule has 0 radical (unpaired) electrons. The predicted molar refractivity (Wildman–Crippen MR) is 59.3 cm³/mol. The molecule has 1 fully saturated rings. The van der Waals surface area contributed by atoms with Crippen molar-refractivity contribution >= 4 is 11.4 Å². The summed E-state index contributed by atoms with van der Waals surface area (Å²) in [5.41, 5.74) is 7.64. The van der Waals surface area contributed by atoms with E-state index >= 15 is 0 Å². The van der Waals surface area contributed by atoms with E-state index in [2.05, 4.69) is 9.88 Å². The van der Waals surface area contributed by atoms with Crippen LogP contribution in [0.3, 0.4) is 0 Å². The third kappa shape index (κ3) is 2.16. The number of nitrogen functional groups attached to an aromatic ring is 1. The summed E-state index contributed by atoms with van der Waals surface area (Å²) < 4.78 is 0. The maximum absolute atomic E-state index is 5.72. The first kappa shape index (κ1) is 9.31. The number of pyridine rings is 1. The molecule has 2 rings (SSSR count). The first-order valence-corrected chi connectivity index (χ1v) is 5.32. The fourth-order valence-corrected chi connectivity index (χ4v) is 1.95. The summed E-state index contributed by atoms with van der Waals surface area (Å²) in [4.78, 5) is 6.51. The summed E-state index contributed by atoms with van der Waals surface area (Å²) in [6, 6.07) is 2.01. The molecular weight excluding hydrogens is 174 g/mol. The molecule has 3 nitrogen and oxygen atoms in total. The number of rotatable bonds is 1. The minimum absolute atomic E-state index is 0.756. The number of hydrogen-bond acceptors (Lipinski definition) is 3. The van der Waals surface area contributed by atoms with E-state index in [1.165, 1.54) is 31.4 Å². The van der Waals surface area contributed by atoms with Crippen LogP contribution >= 0.6 is 0 Å². The lowest BCUT2D eigenvalue weighted by Crippen LogP contribution is -2.23. The molecule has 0 unspecified atom stereocenters. The fraction of sp³-hybridized carbons (Fsp3) is 0.545. The Labute approximate surface area is 84.9 Å². The molecule has 0 atom stereocenters. The highest BCUT2D eigenvalue weighted by Gasteiger charge is 2.09. The lowest BCUT2D eigenvalue weighted by atomic mass is 10.2. The van der Waals surface area contributed by atoms with Crippen LogP contribution in [0.25, 0.3) is 0 Å². The van der Waals surface area contributed by atoms with E-state index in [1.54, 1.807) is 6.20 Å². The monoisotopic (exact) mass is 191 g/mol. The Kier molecular flexibility index (Phi) is 2.87. The van der Waals surface area contributed by atoms with Crippen LogP contribution in [0.2, 0.25) is 0 Å². The maximum atomic E-state index is 5.72. The number of anilines is 2. The van der Waals surface area contributed by atoms with Crippen LogP contribution in [0.1, 0.15) is 25.7 Å². The molecule has 14 heavy (non-hydrogen) atoms. The van der Waals surface area contributed by atoms with E-state index in [4.69, 9.17) is 5.73 Å². The van der Waals surface area contributed by atoms with Crippen molar-refractivity contribution < 1.29 is 0 Å². The van der Waals surface area contributed by atoms with Gasteiger partial charge in [0.15, 0.2) is 0 Å². The molecule has 0 amide bonds. The van der Waals surface area contributed by atoms with Crippen molar-refractivity contribution in [1.29, 1.82) is 0 Å². The zero-order valence-electron chi connectivity index (χ0n) is 8.45. The van der Waals surface area contributed by atoms with Gasteiger partial charge in [0.05, 0.1) is 17.6 Å². The number of nitrogens with two attached hydrogens (primary N) is 1. The molecule has 1 aliphatic heterocycles. The van der Waals surface area contributed by atoms with Gasteiger partial charge in [0.25, 0.3) is 0 Å². The fourth-order valence-electron chi connectivity index (χ4n) is 1.95. The third-order valence-corrected chi connectivity index (χ3v) is 2.72. The van der Waals surface area contributed by atoms with E-state index < -0.39 is 0 Å². The van der Waals surface area contributed by atoms with E-state index in [9.17, 15) is 0 Å². The minimum Gasteiger partial charge on any atom is -0.397 e. The minimum atomic E-state index is 0.756. The number of aromatic nitrogens is 1. The van der Waals surface area contributed by atoms with Crippen molar-refractivity contribution in [3.63, 3.8) is 0 Å². The highest BCUT2D eigenvalue weighted by atomic mass is 15.1. The Morgan fingerprint density at radius 3 is 2.43 bits per heavy atom. The second-order valence-corrected chi connectivity index (χ2v) is 3.88. The van der Waals surface area contributed by atoms with E-state index in [0.717, 1.165) is 18.8 Å². The van der Waals surface area contributed by atoms with Crippen LogP contribution in [0, 0.1) is 0 Å². The summed E-state index contributed by atoms with van der Waals surface area (Å²) in [6.45, 7) is 2.29.